The number of ether oxygens (including phenoxy) is 2. The van der Waals surface area contributed by atoms with Gasteiger partial charge in [0.05, 0.1) is 23.9 Å². The number of nitrogens with zero attached hydrogens (tertiary/aromatic N) is 2. The minimum atomic E-state index is -0.618. The van der Waals surface area contributed by atoms with E-state index < -0.39 is 18.0 Å². The van der Waals surface area contributed by atoms with Gasteiger partial charge in [-0.3, -0.25) is 9.69 Å². The first-order valence-electron chi connectivity index (χ1n) is 9.91. The van der Waals surface area contributed by atoms with Gasteiger partial charge in [-0.1, -0.05) is 25.5 Å². The van der Waals surface area contributed by atoms with Gasteiger partial charge in [0.15, 0.2) is 0 Å². The molecule has 1 aromatic rings. The summed E-state index contributed by atoms with van der Waals surface area (Å²) >= 11 is 0. The summed E-state index contributed by atoms with van der Waals surface area (Å²) in [4.78, 5) is 40.6. The Bertz CT molecular complexity index is 818. The molecule has 0 aromatic heterocycles. The lowest BCUT2D eigenvalue weighted by Crippen LogP contribution is -2.50. The average molecular weight is 401 g/mol. The fraction of sp³-hybridized carbons (Fsp3) is 0.476. The van der Waals surface area contributed by atoms with Crippen LogP contribution >= 0.6 is 0 Å². The second-order valence-electron chi connectivity index (χ2n) is 7.08. The highest BCUT2D eigenvalue weighted by Crippen LogP contribution is 2.35. The van der Waals surface area contributed by atoms with Crippen molar-refractivity contribution in [3.05, 3.63) is 41.1 Å². The number of hydrogen-bond acceptors (Lipinski definition) is 5. The second kappa shape index (κ2) is 8.98. The lowest BCUT2D eigenvalue weighted by molar-refractivity contribution is -0.136. The van der Waals surface area contributed by atoms with E-state index in [2.05, 4.69) is 12.2 Å². The van der Waals surface area contributed by atoms with Crippen LogP contribution in [0.2, 0.25) is 0 Å². The molecule has 0 spiro atoms. The maximum atomic E-state index is 12.8. The number of cyclic esters (lactones) is 1. The van der Waals surface area contributed by atoms with E-state index >= 15 is 0 Å². The van der Waals surface area contributed by atoms with Crippen LogP contribution in [0.15, 0.2) is 35.5 Å². The van der Waals surface area contributed by atoms with Crippen LogP contribution in [0.4, 0.5) is 4.79 Å². The van der Waals surface area contributed by atoms with E-state index in [9.17, 15) is 14.4 Å². The topological polar surface area (TPSA) is 88.2 Å². The van der Waals surface area contributed by atoms with E-state index in [1.54, 1.807) is 24.1 Å². The molecule has 2 aliphatic heterocycles. The molecule has 156 valence electrons. The van der Waals surface area contributed by atoms with E-state index in [4.69, 9.17) is 9.47 Å². The molecule has 1 aromatic carbocycles. The number of esters is 1. The molecule has 1 unspecified atom stereocenters. The normalized spacial score (nSPS) is 18.3. The summed E-state index contributed by atoms with van der Waals surface area (Å²) in [5, 5.41) is 2.84. The molecular weight excluding hydrogens is 374 g/mol. The minimum absolute atomic E-state index is 0.0128. The standard InChI is InChI=1S/C21H27N3O5/c1-4-6-11-23(3)17(25)12-24-16-13-29-20(26)18(16)19(22-21(24)27)14-7-9-15(10-8-14)28-5-2/h7-10,19H,4-6,11-13H2,1-3H3,(H,22,27). The van der Waals surface area contributed by atoms with Crippen LogP contribution in [0.5, 0.6) is 5.75 Å². The first kappa shape index (κ1) is 20.7. The lowest BCUT2D eigenvalue weighted by Gasteiger charge is -2.33. The van der Waals surface area contributed by atoms with Crippen molar-refractivity contribution in [1.29, 1.82) is 0 Å². The number of carbonyl (C=O) groups is 3. The molecule has 0 saturated carbocycles. The van der Waals surface area contributed by atoms with Crippen LogP contribution < -0.4 is 10.1 Å². The number of hydrogen-bond donors (Lipinski definition) is 1. The number of benzene rings is 1. The van der Waals surface area contributed by atoms with Crippen LogP contribution in [0.3, 0.4) is 0 Å². The van der Waals surface area contributed by atoms with Gasteiger partial charge in [0.25, 0.3) is 0 Å². The van der Waals surface area contributed by atoms with Crippen molar-refractivity contribution in [1.82, 2.24) is 15.1 Å². The fourth-order valence-electron chi connectivity index (χ4n) is 3.43. The van der Waals surface area contributed by atoms with Crippen molar-refractivity contribution in [2.75, 3.05) is 33.4 Å². The first-order valence-corrected chi connectivity index (χ1v) is 9.91. The van der Waals surface area contributed by atoms with Crippen molar-refractivity contribution < 1.29 is 23.9 Å². The molecule has 3 amide bonds. The largest absolute Gasteiger partial charge is 0.494 e. The highest BCUT2D eigenvalue weighted by atomic mass is 16.5. The number of likely N-dealkylation sites (N-methyl/N-ethyl adjacent to an activating group) is 1. The Morgan fingerprint density at radius 3 is 2.66 bits per heavy atom. The molecule has 0 aliphatic carbocycles. The number of rotatable bonds is 8. The maximum Gasteiger partial charge on any atom is 0.338 e. The Labute approximate surface area is 170 Å². The average Bonchev–Trinajstić information content (AvgIpc) is 3.10. The van der Waals surface area contributed by atoms with Crippen molar-refractivity contribution in [3.63, 3.8) is 0 Å². The zero-order valence-electron chi connectivity index (χ0n) is 17.1. The predicted octanol–water partition coefficient (Wildman–Crippen LogP) is 2.22. The summed E-state index contributed by atoms with van der Waals surface area (Å²) in [5.41, 5.74) is 1.58. The third kappa shape index (κ3) is 4.36. The molecule has 1 atom stereocenters. The van der Waals surface area contributed by atoms with Crippen LogP contribution in [0, 0.1) is 0 Å². The van der Waals surface area contributed by atoms with E-state index in [0.717, 1.165) is 18.4 Å². The van der Waals surface area contributed by atoms with Crippen LogP contribution in [-0.2, 0) is 14.3 Å². The molecule has 0 radical (unpaired) electrons. The molecule has 2 heterocycles. The first-order chi connectivity index (χ1) is 14.0. The van der Waals surface area contributed by atoms with Gasteiger partial charge in [0, 0.05) is 13.6 Å². The summed E-state index contributed by atoms with van der Waals surface area (Å²) in [5.74, 6) is 0.0546. The monoisotopic (exact) mass is 401 g/mol. The van der Waals surface area contributed by atoms with Gasteiger partial charge < -0.3 is 19.7 Å². The highest BCUT2D eigenvalue weighted by molar-refractivity contribution is 5.98. The molecule has 0 fully saturated rings. The molecular formula is C21H27N3O5. The summed E-state index contributed by atoms with van der Waals surface area (Å²) in [7, 11) is 1.72. The summed E-state index contributed by atoms with van der Waals surface area (Å²) in [6.45, 7) is 4.99. The number of nitrogens with one attached hydrogen (secondary N) is 1. The second-order valence-corrected chi connectivity index (χ2v) is 7.08. The molecule has 2 aliphatic rings. The van der Waals surface area contributed by atoms with E-state index in [0.29, 0.717) is 30.2 Å². The smallest absolute Gasteiger partial charge is 0.338 e. The number of amides is 3. The van der Waals surface area contributed by atoms with E-state index in [1.807, 2.05) is 19.1 Å². The molecule has 8 nitrogen and oxygen atoms in total. The minimum Gasteiger partial charge on any atom is -0.494 e. The third-order valence-electron chi connectivity index (χ3n) is 5.09. The zero-order chi connectivity index (χ0) is 21.0. The molecule has 29 heavy (non-hydrogen) atoms. The Morgan fingerprint density at radius 1 is 1.28 bits per heavy atom. The van der Waals surface area contributed by atoms with E-state index in [-0.39, 0.29) is 19.1 Å². The van der Waals surface area contributed by atoms with Crippen LogP contribution in [-0.4, -0.2) is 61.1 Å². The van der Waals surface area contributed by atoms with Gasteiger partial charge in [-0.05, 0) is 31.0 Å². The summed E-state index contributed by atoms with van der Waals surface area (Å²) in [6, 6.07) is 6.18. The SMILES string of the molecule is CCCCN(C)C(=O)CN1C(=O)NC(c2ccc(OCC)cc2)C2=C1COC2=O. The van der Waals surface area contributed by atoms with Gasteiger partial charge in [0.1, 0.15) is 18.9 Å². The highest BCUT2D eigenvalue weighted by Gasteiger charge is 2.42. The Morgan fingerprint density at radius 2 is 2.00 bits per heavy atom. The van der Waals surface area contributed by atoms with Gasteiger partial charge in [-0.25, -0.2) is 9.59 Å². The Kier molecular flexibility index (Phi) is 6.41. The molecule has 0 saturated heterocycles. The number of carbonyl (C=O) groups excluding carboxylic acids is 3. The van der Waals surface area contributed by atoms with Crippen molar-refractivity contribution in [2.45, 2.75) is 32.7 Å². The molecule has 1 N–H and O–H groups in total. The lowest BCUT2D eigenvalue weighted by atomic mass is 9.95. The summed E-state index contributed by atoms with van der Waals surface area (Å²) in [6.07, 6.45) is 1.87. The van der Waals surface area contributed by atoms with Gasteiger partial charge in [-0.15, -0.1) is 0 Å². The third-order valence-corrected chi connectivity index (χ3v) is 5.09. The quantitative estimate of drug-likeness (QED) is 0.675. The van der Waals surface area contributed by atoms with Crippen LogP contribution in [0.25, 0.3) is 0 Å². The Balaban J connectivity index is 1.84. The van der Waals surface area contributed by atoms with Gasteiger partial charge in [-0.2, -0.15) is 0 Å². The maximum absolute atomic E-state index is 12.8. The van der Waals surface area contributed by atoms with Gasteiger partial charge >= 0.3 is 12.0 Å². The summed E-state index contributed by atoms with van der Waals surface area (Å²) < 4.78 is 10.6. The van der Waals surface area contributed by atoms with Crippen LogP contribution in [0.1, 0.15) is 38.3 Å². The van der Waals surface area contributed by atoms with E-state index in [1.165, 1.54) is 4.90 Å². The fourth-order valence-corrected chi connectivity index (χ4v) is 3.43. The molecule has 3 rings (SSSR count). The zero-order valence-corrected chi connectivity index (χ0v) is 17.1. The molecule has 0 bridgehead atoms. The Hall–Kier alpha value is -3.03. The van der Waals surface area contributed by atoms with Crippen molar-refractivity contribution in [2.24, 2.45) is 0 Å². The number of unbranched alkanes of at least 4 members (excludes halogenated alkanes) is 1. The van der Waals surface area contributed by atoms with Gasteiger partial charge in [0.2, 0.25) is 5.91 Å². The van der Waals surface area contributed by atoms with Crippen molar-refractivity contribution >= 4 is 17.9 Å². The number of urea groups is 1. The molecule has 8 heteroatoms. The predicted molar refractivity (Wildman–Crippen MR) is 106 cm³/mol. The van der Waals surface area contributed by atoms with Crippen molar-refractivity contribution in [3.8, 4) is 5.75 Å².